The van der Waals surface area contributed by atoms with Gasteiger partial charge in [0.15, 0.2) is 5.96 Å². The lowest BCUT2D eigenvalue weighted by molar-refractivity contribution is -0.139. The third-order valence-electron chi connectivity index (χ3n) is 6.12. The molecule has 0 fully saturated rings. The molecule has 3 rings (SSSR count). The predicted molar refractivity (Wildman–Crippen MR) is 168 cm³/mol. The van der Waals surface area contributed by atoms with E-state index in [1.165, 1.54) is 36.0 Å². The number of carbonyl (C=O) groups excluding carboxylic acids is 1. The number of carboxylic acid groups (broad SMARTS) is 1. The van der Waals surface area contributed by atoms with Crippen LogP contribution in [0.4, 0.5) is 16.2 Å². The lowest BCUT2D eigenvalue weighted by Crippen LogP contribution is -2.43. The average molecular weight is 632 g/mol. The van der Waals surface area contributed by atoms with Gasteiger partial charge in [0, 0.05) is 5.56 Å². The SMILES string of the molecule is CCCCC(NC(=O)Nc1cc(N=C(N)N)cc(C)c1-c1cccc(S(=O)(=O)c2cc(C(=N)N)sc2SC)c1)C(=O)O. The Morgan fingerprint density at radius 3 is 2.48 bits per heavy atom. The monoisotopic (exact) mass is 631 g/mol. The molecule has 2 aromatic carbocycles. The molecule has 1 atom stereocenters. The Labute approximate surface area is 252 Å². The molecular formula is C27H33N7O5S3. The summed E-state index contributed by atoms with van der Waals surface area (Å²) in [5, 5.41) is 22.4. The summed E-state index contributed by atoms with van der Waals surface area (Å²) in [7, 11) is -4.01. The number of thiophene rings is 1. The minimum atomic E-state index is -4.01. The van der Waals surface area contributed by atoms with Crippen LogP contribution in [0.1, 0.15) is 36.6 Å². The zero-order valence-corrected chi connectivity index (χ0v) is 25.7. The summed E-state index contributed by atoms with van der Waals surface area (Å²) in [6, 6.07) is 8.93. The van der Waals surface area contributed by atoms with Gasteiger partial charge in [0.05, 0.1) is 30.3 Å². The fraction of sp³-hybridized carbons (Fsp3) is 0.259. The van der Waals surface area contributed by atoms with Crippen LogP contribution < -0.4 is 27.8 Å². The van der Waals surface area contributed by atoms with Gasteiger partial charge in [-0.15, -0.1) is 23.1 Å². The number of aliphatic carboxylic acids is 1. The number of thioether (sulfide) groups is 1. The first-order chi connectivity index (χ1) is 19.8. The van der Waals surface area contributed by atoms with E-state index >= 15 is 0 Å². The van der Waals surface area contributed by atoms with Crippen molar-refractivity contribution in [2.75, 3.05) is 11.6 Å². The number of carbonyl (C=O) groups is 2. The second-order valence-corrected chi connectivity index (χ2v) is 13.3. The van der Waals surface area contributed by atoms with E-state index in [1.54, 1.807) is 31.4 Å². The van der Waals surface area contributed by atoms with Crippen molar-refractivity contribution in [3.63, 3.8) is 0 Å². The summed E-state index contributed by atoms with van der Waals surface area (Å²) in [6.45, 7) is 3.66. The minimum Gasteiger partial charge on any atom is -0.480 e. The Balaban J connectivity index is 2.11. The molecule has 0 saturated heterocycles. The number of nitrogens with zero attached hydrogens (tertiary/aromatic N) is 1. The van der Waals surface area contributed by atoms with Crippen molar-refractivity contribution in [3.05, 3.63) is 52.9 Å². The number of hydrogen-bond acceptors (Lipinski definition) is 8. The van der Waals surface area contributed by atoms with Crippen LogP contribution in [-0.4, -0.2) is 49.6 Å². The normalized spacial score (nSPS) is 11.9. The highest BCUT2D eigenvalue weighted by molar-refractivity contribution is 8.01. The van der Waals surface area contributed by atoms with Gasteiger partial charge in [-0.3, -0.25) is 5.41 Å². The molecule has 0 saturated carbocycles. The Morgan fingerprint density at radius 2 is 1.88 bits per heavy atom. The molecule has 0 bridgehead atoms. The highest BCUT2D eigenvalue weighted by Crippen LogP contribution is 2.40. The first kappa shape index (κ1) is 32.4. The quantitative estimate of drug-likeness (QED) is 0.0860. The van der Waals surface area contributed by atoms with Crippen LogP contribution in [0.25, 0.3) is 11.1 Å². The Bertz CT molecular complexity index is 1650. The van der Waals surface area contributed by atoms with Crippen molar-refractivity contribution in [1.82, 2.24) is 5.32 Å². The number of sulfone groups is 1. The standard InChI is InChI=1S/C27H33N7O5S3/c1-4-5-9-18(24(35)36)33-27(37)34-19-12-16(32-26(30)31)10-14(2)22(19)15-7-6-8-17(11-15)42(38,39)21-13-20(23(28)29)41-25(21)40-3/h6-8,10-13,18H,4-5,9H2,1-3H3,(H3,28,29)(H,35,36)(H4,30,31,32)(H2,33,34,37). The van der Waals surface area contributed by atoms with E-state index in [2.05, 4.69) is 15.6 Å². The summed E-state index contributed by atoms with van der Waals surface area (Å²) >= 11 is 2.37. The van der Waals surface area contributed by atoms with Gasteiger partial charge in [0.25, 0.3) is 0 Å². The Kier molecular flexibility index (Phi) is 10.6. The largest absolute Gasteiger partial charge is 0.480 e. The third kappa shape index (κ3) is 7.60. The van der Waals surface area contributed by atoms with Crippen LogP contribution in [0.3, 0.4) is 0 Å². The lowest BCUT2D eigenvalue weighted by Gasteiger charge is -2.19. The van der Waals surface area contributed by atoms with Crippen LogP contribution >= 0.6 is 23.1 Å². The molecule has 224 valence electrons. The second-order valence-electron chi connectivity index (χ2n) is 9.26. The van der Waals surface area contributed by atoms with E-state index in [4.69, 9.17) is 22.6 Å². The van der Waals surface area contributed by atoms with Gasteiger partial charge in [-0.1, -0.05) is 31.9 Å². The zero-order valence-electron chi connectivity index (χ0n) is 23.2. The van der Waals surface area contributed by atoms with Crippen LogP contribution in [0.15, 0.2) is 61.5 Å². The molecule has 3 aromatic rings. The van der Waals surface area contributed by atoms with Gasteiger partial charge in [0.1, 0.15) is 11.9 Å². The second kappa shape index (κ2) is 13.7. The van der Waals surface area contributed by atoms with E-state index in [1.807, 2.05) is 6.92 Å². The number of benzene rings is 2. The van der Waals surface area contributed by atoms with E-state index in [9.17, 15) is 23.1 Å². The number of anilines is 1. The van der Waals surface area contributed by atoms with Crippen LogP contribution in [0.2, 0.25) is 0 Å². The number of aliphatic imine (C=N–C) groups is 1. The summed E-state index contributed by atoms with van der Waals surface area (Å²) in [4.78, 5) is 29.1. The molecule has 10 N–H and O–H groups in total. The number of rotatable bonds is 12. The number of guanidine groups is 1. The van der Waals surface area contributed by atoms with Crippen molar-refractivity contribution < 1.29 is 23.1 Å². The van der Waals surface area contributed by atoms with Gasteiger partial charge in [-0.2, -0.15) is 0 Å². The van der Waals surface area contributed by atoms with Crippen molar-refractivity contribution in [1.29, 1.82) is 5.41 Å². The van der Waals surface area contributed by atoms with E-state index < -0.39 is 27.9 Å². The molecule has 2 amide bonds. The number of carboxylic acids is 1. The number of nitrogens with one attached hydrogen (secondary N) is 3. The first-order valence-electron chi connectivity index (χ1n) is 12.7. The summed E-state index contributed by atoms with van der Waals surface area (Å²) in [5.74, 6) is -1.59. The van der Waals surface area contributed by atoms with Gasteiger partial charge >= 0.3 is 12.0 Å². The molecule has 42 heavy (non-hydrogen) atoms. The Morgan fingerprint density at radius 1 is 1.17 bits per heavy atom. The van der Waals surface area contributed by atoms with Gasteiger partial charge in [-0.05, 0) is 61.1 Å². The predicted octanol–water partition coefficient (Wildman–Crippen LogP) is 4.23. The smallest absolute Gasteiger partial charge is 0.326 e. The highest BCUT2D eigenvalue weighted by atomic mass is 32.2. The topological polar surface area (TPSA) is 227 Å². The maximum Gasteiger partial charge on any atom is 0.326 e. The molecule has 0 radical (unpaired) electrons. The third-order valence-corrected chi connectivity index (χ3v) is 10.5. The molecule has 0 aliphatic rings. The number of urea groups is 1. The molecule has 1 unspecified atom stereocenters. The molecule has 15 heteroatoms. The van der Waals surface area contributed by atoms with Gasteiger partial charge in [-0.25, -0.2) is 23.0 Å². The van der Waals surface area contributed by atoms with Gasteiger partial charge < -0.3 is 32.9 Å². The first-order valence-corrected chi connectivity index (χ1v) is 16.2. The van der Waals surface area contributed by atoms with Crippen molar-refractivity contribution in [2.24, 2.45) is 22.2 Å². The van der Waals surface area contributed by atoms with Crippen molar-refractivity contribution >= 4 is 68.1 Å². The van der Waals surface area contributed by atoms with Crippen molar-refractivity contribution in [3.8, 4) is 11.1 Å². The van der Waals surface area contributed by atoms with E-state index in [-0.39, 0.29) is 33.7 Å². The minimum absolute atomic E-state index is 0.00295. The average Bonchev–Trinajstić information content (AvgIpc) is 3.36. The lowest BCUT2D eigenvalue weighted by atomic mass is 9.97. The zero-order chi connectivity index (χ0) is 31.2. The number of amidine groups is 1. The summed E-state index contributed by atoms with van der Waals surface area (Å²) < 4.78 is 28.0. The molecular weight excluding hydrogens is 599 g/mol. The van der Waals surface area contributed by atoms with E-state index in [0.717, 1.165) is 17.8 Å². The van der Waals surface area contributed by atoms with Crippen LogP contribution in [0, 0.1) is 12.3 Å². The molecule has 0 aliphatic heterocycles. The molecule has 0 aliphatic carbocycles. The highest BCUT2D eigenvalue weighted by Gasteiger charge is 2.26. The maximum atomic E-state index is 13.7. The summed E-state index contributed by atoms with van der Waals surface area (Å²) in [5.41, 5.74) is 18.9. The fourth-order valence-corrected chi connectivity index (χ4v) is 8.11. The Hall–Kier alpha value is -4.08. The van der Waals surface area contributed by atoms with Crippen molar-refractivity contribution in [2.45, 2.75) is 53.2 Å². The number of unbranched alkanes of at least 4 members (excludes halogenated alkanes) is 1. The molecule has 0 spiro atoms. The number of nitrogen functional groups attached to an aromatic ring is 1. The summed E-state index contributed by atoms with van der Waals surface area (Å²) in [6.07, 6.45) is 3.37. The van der Waals surface area contributed by atoms with E-state index in [0.29, 0.717) is 37.9 Å². The fourth-order valence-electron chi connectivity index (χ4n) is 4.21. The van der Waals surface area contributed by atoms with Crippen LogP contribution in [0.5, 0.6) is 0 Å². The maximum absolute atomic E-state index is 13.7. The molecule has 1 aromatic heterocycles. The molecule has 12 nitrogen and oxygen atoms in total. The number of hydrogen-bond donors (Lipinski definition) is 7. The number of nitrogens with two attached hydrogens (primary N) is 3. The van der Waals surface area contributed by atoms with Gasteiger partial charge in [0.2, 0.25) is 9.84 Å². The number of aryl methyl sites for hydroxylation is 1. The van der Waals surface area contributed by atoms with Crippen LogP contribution in [-0.2, 0) is 14.6 Å². The molecule has 1 heterocycles. The number of amides is 2.